The first kappa shape index (κ1) is 10.9. The summed E-state index contributed by atoms with van der Waals surface area (Å²) in [5.74, 6) is 5.56. The molecular weight excluding hydrogens is 200 g/mol. The zero-order chi connectivity index (χ0) is 11.4. The van der Waals surface area contributed by atoms with Crippen LogP contribution in [0.15, 0.2) is 42.9 Å². The van der Waals surface area contributed by atoms with E-state index < -0.39 is 0 Å². The van der Waals surface area contributed by atoms with Gasteiger partial charge in [-0.1, -0.05) is 30.3 Å². The van der Waals surface area contributed by atoms with Gasteiger partial charge in [0.05, 0.1) is 18.1 Å². The van der Waals surface area contributed by atoms with E-state index >= 15 is 0 Å². The number of hydrogen-bond acceptors (Lipinski definition) is 3. The highest BCUT2D eigenvalue weighted by Crippen LogP contribution is 2.15. The summed E-state index contributed by atoms with van der Waals surface area (Å²) >= 11 is 0. The van der Waals surface area contributed by atoms with E-state index in [0.717, 1.165) is 12.1 Å². The summed E-state index contributed by atoms with van der Waals surface area (Å²) < 4.78 is 1.92. The fourth-order valence-corrected chi connectivity index (χ4v) is 1.71. The van der Waals surface area contributed by atoms with Crippen molar-refractivity contribution in [1.29, 1.82) is 0 Å². The molecule has 0 aliphatic carbocycles. The molecule has 1 atom stereocenters. The lowest BCUT2D eigenvalue weighted by molar-refractivity contribution is 0.540. The highest BCUT2D eigenvalue weighted by atomic mass is 15.2. The molecule has 4 heteroatoms. The Morgan fingerprint density at radius 2 is 2.12 bits per heavy atom. The first-order valence-electron chi connectivity index (χ1n) is 5.27. The van der Waals surface area contributed by atoms with Gasteiger partial charge in [0.25, 0.3) is 0 Å². The maximum Gasteiger partial charge on any atom is 0.0947 e. The first-order valence-corrected chi connectivity index (χ1v) is 5.27. The lowest BCUT2D eigenvalue weighted by atomic mass is 10.0. The van der Waals surface area contributed by atoms with Gasteiger partial charge in [0.1, 0.15) is 0 Å². The Labute approximate surface area is 95.1 Å². The van der Waals surface area contributed by atoms with Gasteiger partial charge < -0.3 is 4.57 Å². The molecule has 4 nitrogen and oxygen atoms in total. The van der Waals surface area contributed by atoms with Crippen molar-refractivity contribution in [3.63, 3.8) is 0 Å². The highest BCUT2D eigenvalue weighted by molar-refractivity contribution is 5.18. The summed E-state index contributed by atoms with van der Waals surface area (Å²) in [6.07, 6.45) is 4.60. The Bertz CT molecular complexity index is 435. The van der Waals surface area contributed by atoms with E-state index in [4.69, 9.17) is 5.84 Å². The molecule has 0 bridgehead atoms. The molecule has 16 heavy (non-hydrogen) atoms. The van der Waals surface area contributed by atoms with E-state index in [9.17, 15) is 0 Å². The number of aromatic nitrogens is 2. The third kappa shape index (κ3) is 2.48. The molecule has 0 amide bonds. The fraction of sp³-hybridized carbons (Fsp3) is 0.250. The van der Waals surface area contributed by atoms with Crippen LogP contribution in [-0.4, -0.2) is 9.55 Å². The van der Waals surface area contributed by atoms with Crippen molar-refractivity contribution in [2.75, 3.05) is 0 Å². The van der Waals surface area contributed by atoms with Crippen molar-refractivity contribution in [2.45, 2.75) is 12.5 Å². The Balaban J connectivity index is 2.12. The second-order valence-corrected chi connectivity index (χ2v) is 3.87. The molecule has 84 valence electrons. The third-order valence-electron chi connectivity index (χ3n) is 2.57. The normalized spacial score (nSPS) is 12.6. The zero-order valence-electron chi connectivity index (χ0n) is 9.30. The SMILES string of the molecule is Cn1cnc(C(Cc2ccccc2)NN)c1. The number of imidazole rings is 1. The number of nitrogens with two attached hydrogens (primary N) is 1. The minimum Gasteiger partial charge on any atom is -0.340 e. The average molecular weight is 216 g/mol. The number of rotatable bonds is 4. The number of nitrogens with one attached hydrogen (secondary N) is 1. The molecule has 0 fully saturated rings. The predicted molar refractivity (Wildman–Crippen MR) is 63.4 cm³/mol. The molecule has 1 heterocycles. The number of nitrogens with zero attached hydrogens (tertiary/aromatic N) is 2. The van der Waals surface area contributed by atoms with Crippen molar-refractivity contribution < 1.29 is 0 Å². The van der Waals surface area contributed by atoms with E-state index in [1.807, 2.05) is 36.0 Å². The number of hydrogen-bond donors (Lipinski definition) is 2. The molecule has 0 aliphatic heterocycles. The van der Waals surface area contributed by atoms with Gasteiger partial charge in [-0.3, -0.25) is 11.3 Å². The van der Waals surface area contributed by atoms with E-state index in [0.29, 0.717) is 0 Å². The predicted octanol–water partition coefficient (Wildman–Crippen LogP) is 1.17. The third-order valence-corrected chi connectivity index (χ3v) is 2.57. The largest absolute Gasteiger partial charge is 0.340 e. The maximum absolute atomic E-state index is 5.56. The second-order valence-electron chi connectivity index (χ2n) is 3.87. The van der Waals surface area contributed by atoms with E-state index in [-0.39, 0.29) is 6.04 Å². The molecule has 1 aromatic carbocycles. The van der Waals surface area contributed by atoms with Gasteiger partial charge in [-0.2, -0.15) is 0 Å². The van der Waals surface area contributed by atoms with Gasteiger partial charge in [-0.25, -0.2) is 4.98 Å². The number of hydrazine groups is 1. The van der Waals surface area contributed by atoms with Crippen LogP contribution >= 0.6 is 0 Å². The van der Waals surface area contributed by atoms with Crippen LogP contribution in [0.3, 0.4) is 0 Å². The zero-order valence-corrected chi connectivity index (χ0v) is 9.30. The molecule has 0 aliphatic rings. The van der Waals surface area contributed by atoms with Crippen molar-refractivity contribution in [2.24, 2.45) is 12.9 Å². The van der Waals surface area contributed by atoms with Gasteiger partial charge in [0, 0.05) is 13.2 Å². The van der Waals surface area contributed by atoms with Gasteiger partial charge >= 0.3 is 0 Å². The molecule has 0 radical (unpaired) electrons. The first-order chi connectivity index (χ1) is 7.79. The Morgan fingerprint density at radius 1 is 1.38 bits per heavy atom. The summed E-state index contributed by atoms with van der Waals surface area (Å²) in [6, 6.07) is 10.3. The molecule has 1 unspecified atom stereocenters. The maximum atomic E-state index is 5.56. The lowest BCUT2D eigenvalue weighted by Crippen LogP contribution is -2.29. The summed E-state index contributed by atoms with van der Waals surface area (Å²) in [4.78, 5) is 4.30. The van der Waals surface area contributed by atoms with E-state index in [1.54, 1.807) is 6.33 Å². The van der Waals surface area contributed by atoms with Crippen molar-refractivity contribution >= 4 is 0 Å². The molecule has 0 saturated heterocycles. The summed E-state index contributed by atoms with van der Waals surface area (Å²) in [5, 5.41) is 0. The van der Waals surface area contributed by atoms with Crippen molar-refractivity contribution in [1.82, 2.24) is 15.0 Å². The van der Waals surface area contributed by atoms with E-state index in [2.05, 4.69) is 22.5 Å². The average Bonchev–Trinajstić information content (AvgIpc) is 2.74. The monoisotopic (exact) mass is 216 g/mol. The standard InChI is InChI=1S/C12H16N4/c1-16-8-12(14-9-16)11(15-13)7-10-5-3-2-4-6-10/h2-6,8-9,11,15H,7,13H2,1H3. The van der Waals surface area contributed by atoms with Crippen LogP contribution < -0.4 is 11.3 Å². The van der Waals surface area contributed by atoms with Crippen LogP contribution in [0.1, 0.15) is 17.3 Å². The van der Waals surface area contributed by atoms with Crippen LogP contribution in [0.5, 0.6) is 0 Å². The topological polar surface area (TPSA) is 55.9 Å². The van der Waals surface area contributed by atoms with Crippen LogP contribution in [-0.2, 0) is 13.5 Å². The Morgan fingerprint density at radius 3 is 2.69 bits per heavy atom. The molecule has 0 spiro atoms. The summed E-state index contributed by atoms with van der Waals surface area (Å²) in [7, 11) is 1.95. The smallest absolute Gasteiger partial charge is 0.0947 e. The van der Waals surface area contributed by atoms with Gasteiger partial charge in [-0.05, 0) is 12.0 Å². The Hall–Kier alpha value is -1.65. The Kier molecular flexibility index (Phi) is 3.34. The van der Waals surface area contributed by atoms with Crippen molar-refractivity contribution in [3.05, 3.63) is 54.1 Å². The van der Waals surface area contributed by atoms with Gasteiger partial charge in [0.15, 0.2) is 0 Å². The molecule has 3 N–H and O–H groups in total. The molecule has 2 aromatic rings. The van der Waals surface area contributed by atoms with Gasteiger partial charge in [0.2, 0.25) is 0 Å². The summed E-state index contributed by atoms with van der Waals surface area (Å²) in [5.41, 5.74) is 5.02. The van der Waals surface area contributed by atoms with Crippen LogP contribution in [0.2, 0.25) is 0 Å². The number of aryl methyl sites for hydroxylation is 1. The fourth-order valence-electron chi connectivity index (χ4n) is 1.71. The minimum absolute atomic E-state index is 0.0589. The lowest BCUT2D eigenvalue weighted by Gasteiger charge is -2.13. The van der Waals surface area contributed by atoms with Crippen LogP contribution in [0.25, 0.3) is 0 Å². The minimum atomic E-state index is 0.0589. The van der Waals surface area contributed by atoms with E-state index in [1.165, 1.54) is 5.56 Å². The molecule has 1 aromatic heterocycles. The van der Waals surface area contributed by atoms with Crippen LogP contribution in [0, 0.1) is 0 Å². The second kappa shape index (κ2) is 4.92. The van der Waals surface area contributed by atoms with Crippen LogP contribution in [0.4, 0.5) is 0 Å². The van der Waals surface area contributed by atoms with Gasteiger partial charge in [-0.15, -0.1) is 0 Å². The quantitative estimate of drug-likeness (QED) is 0.596. The number of benzene rings is 1. The molecule has 0 saturated carbocycles. The molecule has 2 rings (SSSR count). The molecular formula is C12H16N4. The van der Waals surface area contributed by atoms with Crippen molar-refractivity contribution in [3.8, 4) is 0 Å². The summed E-state index contributed by atoms with van der Waals surface area (Å²) in [6.45, 7) is 0. The highest BCUT2D eigenvalue weighted by Gasteiger charge is 2.12.